The lowest BCUT2D eigenvalue weighted by molar-refractivity contribution is 0.863. The van der Waals surface area contributed by atoms with Gasteiger partial charge in [0.15, 0.2) is 0 Å². The van der Waals surface area contributed by atoms with E-state index < -0.39 is 8.07 Å². The van der Waals surface area contributed by atoms with Crippen LogP contribution in [0.15, 0.2) is 30.5 Å². The third-order valence-electron chi connectivity index (χ3n) is 3.90. The van der Waals surface area contributed by atoms with E-state index >= 15 is 0 Å². The van der Waals surface area contributed by atoms with Gasteiger partial charge in [-0.2, -0.15) is 0 Å². The molecule has 0 aliphatic carbocycles. The van der Waals surface area contributed by atoms with Gasteiger partial charge in [-0.05, 0) is 42.6 Å². The van der Waals surface area contributed by atoms with Crippen LogP contribution in [0.1, 0.15) is 36.5 Å². The molecule has 0 unspecified atom stereocenters. The second kappa shape index (κ2) is 5.76. The van der Waals surface area contributed by atoms with Crippen LogP contribution in [0, 0.1) is 13.8 Å². The van der Waals surface area contributed by atoms with E-state index in [1.807, 2.05) is 0 Å². The first-order chi connectivity index (χ1) is 9.68. The second-order valence-corrected chi connectivity index (χ2v) is 12.5. The molecule has 2 heteroatoms. The summed E-state index contributed by atoms with van der Waals surface area (Å²) in [4.78, 5) is 4.85. The molecule has 1 aromatic carbocycles. The first-order valence-electron chi connectivity index (χ1n) is 7.77. The maximum atomic E-state index is 4.85. The SMILES string of the molecule is Cc1cc(C)cc(-c2ncc([Si](C)(C)C)cc2C(C)C)c1. The third kappa shape index (κ3) is 3.62. The van der Waals surface area contributed by atoms with Gasteiger partial charge in [-0.15, -0.1) is 0 Å². The van der Waals surface area contributed by atoms with Crippen LogP contribution < -0.4 is 5.19 Å². The average Bonchev–Trinajstić information content (AvgIpc) is 2.35. The van der Waals surface area contributed by atoms with Gasteiger partial charge in [0, 0.05) is 11.8 Å². The van der Waals surface area contributed by atoms with Crippen LogP contribution in [0.3, 0.4) is 0 Å². The molecule has 0 bridgehead atoms. The number of pyridine rings is 1. The van der Waals surface area contributed by atoms with E-state index in [0.29, 0.717) is 5.92 Å². The highest BCUT2D eigenvalue weighted by Gasteiger charge is 2.20. The van der Waals surface area contributed by atoms with Crippen molar-refractivity contribution in [2.24, 2.45) is 0 Å². The molecule has 0 aliphatic rings. The summed E-state index contributed by atoms with van der Waals surface area (Å²) in [7, 11) is -1.32. The van der Waals surface area contributed by atoms with Gasteiger partial charge in [-0.1, -0.05) is 56.7 Å². The summed E-state index contributed by atoms with van der Waals surface area (Å²) in [6, 6.07) is 9.11. The lowest BCUT2D eigenvalue weighted by Gasteiger charge is -2.21. The molecule has 1 nitrogen and oxygen atoms in total. The molecule has 0 spiro atoms. The summed E-state index contributed by atoms with van der Waals surface area (Å²) >= 11 is 0. The van der Waals surface area contributed by atoms with Crippen LogP contribution >= 0.6 is 0 Å². The van der Waals surface area contributed by atoms with Gasteiger partial charge in [-0.3, -0.25) is 4.98 Å². The molecule has 0 fully saturated rings. The Morgan fingerprint density at radius 2 is 1.48 bits per heavy atom. The minimum absolute atomic E-state index is 0.490. The molecule has 112 valence electrons. The Hall–Kier alpha value is -1.41. The van der Waals surface area contributed by atoms with Gasteiger partial charge in [0.05, 0.1) is 13.8 Å². The average molecular weight is 298 g/mol. The number of hydrogen-bond donors (Lipinski definition) is 0. The molecule has 21 heavy (non-hydrogen) atoms. The topological polar surface area (TPSA) is 12.9 Å². The Balaban J connectivity index is 2.63. The van der Waals surface area contributed by atoms with Gasteiger partial charge in [0.25, 0.3) is 0 Å². The van der Waals surface area contributed by atoms with Crippen molar-refractivity contribution in [2.45, 2.75) is 53.3 Å². The standard InChI is InChI=1S/C19H27NSi/c1-13(2)18-11-17(21(5,6)7)12-20-19(18)16-9-14(3)8-15(4)10-16/h8-13H,1-7H3. The van der Waals surface area contributed by atoms with Gasteiger partial charge < -0.3 is 0 Å². The Kier molecular flexibility index (Phi) is 4.38. The fourth-order valence-electron chi connectivity index (χ4n) is 2.68. The molecule has 0 amide bonds. The number of rotatable bonds is 3. The number of hydrogen-bond acceptors (Lipinski definition) is 1. The van der Waals surface area contributed by atoms with Crippen molar-refractivity contribution in [3.05, 3.63) is 47.2 Å². The molecule has 2 rings (SSSR count). The van der Waals surface area contributed by atoms with Crippen molar-refractivity contribution in [1.29, 1.82) is 0 Å². The van der Waals surface area contributed by atoms with E-state index in [2.05, 4.69) is 77.8 Å². The van der Waals surface area contributed by atoms with Crippen LogP contribution in [-0.2, 0) is 0 Å². The van der Waals surface area contributed by atoms with Crippen molar-refractivity contribution in [2.75, 3.05) is 0 Å². The van der Waals surface area contributed by atoms with Crippen LogP contribution in [0.4, 0.5) is 0 Å². The predicted octanol–water partition coefficient (Wildman–Crippen LogP) is 5.03. The highest BCUT2D eigenvalue weighted by Crippen LogP contribution is 2.28. The molecule has 1 aromatic heterocycles. The summed E-state index contributed by atoms with van der Waals surface area (Å²) in [6.45, 7) is 16.0. The maximum Gasteiger partial charge on any atom is 0.0796 e. The van der Waals surface area contributed by atoms with E-state index in [4.69, 9.17) is 4.98 Å². The number of benzene rings is 1. The smallest absolute Gasteiger partial charge is 0.0796 e. The molecule has 0 saturated heterocycles. The summed E-state index contributed by atoms with van der Waals surface area (Å²) in [5, 5.41) is 1.44. The van der Waals surface area contributed by atoms with Gasteiger partial charge in [0.1, 0.15) is 0 Å². The van der Waals surface area contributed by atoms with E-state index in [1.165, 1.54) is 27.4 Å². The van der Waals surface area contributed by atoms with Crippen molar-refractivity contribution >= 4 is 13.3 Å². The van der Waals surface area contributed by atoms with E-state index in [1.54, 1.807) is 0 Å². The quantitative estimate of drug-likeness (QED) is 0.724. The lowest BCUT2D eigenvalue weighted by Crippen LogP contribution is -2.38. The number of aromatic nitrogens is 1. The van der Waals surface area contributed by atoms with E-state index in [-0.39, 0.29) is 0 Å². The number of nitrogens with zero attached hydrogens (tertiary/aromatic N) is 1. The van der Waals surface area contributed by atoms with E-state index in [9.17, 15) is 0 Å². The van der Waals surface area contributed by atoms with Crippen LogP contribution in [0.25, 0.3) is 11.3 Å². The monoisotopic (exact) mass is 297 g/mol. The summed E-state index contributed by atoms with van der Waals surface area (Å²) in [6.07, 6.45) is 2.10. The molecule has 0 radical (unpaired) electrons. The largest absolute Gasteiger partial charge is 0.256 e. The zero-order valence-electron chi connectivity index (χ0n) is 14.4. The molecule has 0 N–H and O–H groups in total. The molecule has 0 saturated carbocycles. The molecule has 1 heterocycles. The summed E-state index contributed by atoms with van der Waals surface area (Å²) in [5.41, 5.74) is 6.38. The van der Waals surface area contributed by atoms with Gasteiger partial charge in [0.2, 0.25) is 0 Å². The highest BCUT2D eigenvalue weighted by molar-refractivity contribution is 6.88. The Morgan fingerprint density at radius 3 is 1.95 bits per heavy atom. The molecular weight excluding hydrogens is 270 g/mol. The minimum Gasteiger partial charge on any atom is -0.256 e. The fourth-order valence-corrected chi connectivity index (χ4v) is 3.73. The lowest BCUT2D eigenvalue weighted by atomic mass is 9.95. The zero-order valence-corrected chi connectivity index (χ0v) is 15.4. The van der Waals surface area contributed by atoms with Gasteiger partial charge >= 0.3 is 0 Å². The summed E-state index contributed by atoms with van der Waals surface area (Å²) < 4.78 is 0. The zero-order chi connectivity index (χ0) is 15.8. The molecule has 2 aromatic rings. The van der Waals surface area contributed by atoms with Crippen molar-refractivity contribution in [3.63, 3.8) is 0 Å². The Labute approximate surface area is 130 Å². The van der Waals surface area contributed by atoms with E-state index in [0.717, 1.165) is 5.69 Å². The Morgan fingerprint density at radius 1 is 0.905 bits per heavy atom. The minimum atomic E-state index is -1.32. The van der Waals surface area contributed by atoms with Crippen LogP contribution in [0.5, 0.6) is 0 Å². The summed E-state index contributed by atoms with van der Waals surface area (Å²) in [5.74, 6) is 0.490. The van der Waals surface area contributed by atoms with Gasteiger partial charge in [-0.25, -0.2) is 0 Å². The first-order valence-corrected chi connectivity index (χ1v) is 11.3. The predicted molar refractivity (Wildman–Crippen MR) is 96.2 cm³/mol. The fraction of sp³-hybridized carbons (Fsp3) is 0.421. The normalized spacial score (nSPS) is 12.0. The molecule has 0 atom stereocenters. The van der Waals surface area contributed by atoms with Crippen LogP contribution in [-0.4, -0.2) is 13.1 Å². The Bertz CT molecular complexity index is 631. The second-order valence-electron chi connectivity index (χ2n) is 7.44. The maximum absolute atomic E-state index is 4.85. The van der Waals surface area contributed by atoms with Crippen LogP contribution in [0.2, 0.25) is 19.6 Å². The molecular formula is C19H27NSi. The van der Waals surface area contributed by atoms with Crippen molar-refractivity contribution in [3.8, 4) is 11.3 Å². The molecule has 0 aliphatic heterocycles. The van der Waals surface area contributed by atoms with Crippen molar-refractivity contribution < 1.29 is 0 Å². The number of aryl methyl sites for hydroxylation is 2. The first kappa shape index (κ1) is 16.0. The van der Waals surface area contributed by atoms with Crippen molar-refractivity contribution in [1.82, 2.24) is 4.98 Å². The highest BCUT2D eigenvalue weighted by atomic mass is 28.3. The third-order valence-corrected chi connectivity index (χ3v) is 5.91.